The molecule has 0 fully saturated rings. The maximum atomic E-state index is 12.4. The van der Waals surface area contributed by atoms with E-state index < -0.39 is 0 Å². The molecule has 0 aliphatic rings. The molecule has 31 heavy (non-hydrogen) atoms. The van der Waals surface area contributed by atoms with Crippen LogP contribution in [0.2, 0.25) is 5.02 Å². The molecule has 154 valence electrons. The Morgan fingerprint density at radius 2 is 1.74 bits per heavy atom. The first-order valence-corrected chi connectivity index (χ1v) is 10.8. The van der Waals surface area contributed by atoms with E-state index in [0.717, 1.165) is 26.4 Å². The fourth-order valence-electron chi connectivity index (χ4n) is 3.05. The Labute approximate surface area is 193 Å². The number of carbonyl (C=O) groups excluding carboxylic acids is 1. The number of ether oxygens (including phenoxy) is 1. The molecule has 0 atom stereocenters. The molecular weight excluding hydrogens is 476 g/mol. The third-order valence-corrected chi connectivity index (χ3v) is 5.68. The average molecular weight is 494 g/mol. The van der Waals surface area contributed by atoms with Crippen LogP contribution in [0.15, 0.2) is 94.5 Å². The van der Waals surface area contributed by atoms with Gasteiger partial charge in [-0.2, -0.15) is 5.10 Å². The van der Waals surface area contributed by atoms with Crippen molar-refractivity contribution in [3.63, 3.8) is 0 Å². The van der Waals surface area contributed by atoms with E-state index >= 15 is 0 Å². The van der Waals surface area contributed by atoms with Crippen molar-refractivity contribution in [1.82, 2.24) is 5.43 Å². The number of hydrazone groups is 1. The Bertz CT molecular complexity index is 1270. The molecule has 1 N–H and O–H groups in total. The van der Waals surface area contributed by atoms with Crippen molar-refractivity contribution in [2.75, 3.05) is 0 Å². The Morgan fingerprint density at radius 3 is 2.55 bits per heavy atom. The van der Waals surface area contributed by atoms with Gasteiger partial charge in [-0.15, -0.1) is 0 Å². The molecule has 4 aromatic carbocycles. The average Bonchev–Trinajstić information content (AvgIpc) is 2.79. The van der Waals surface area contributed by atoms with Crippen molar-refractivity contribution >= 4 is 50.4 Å². The summed E-state index contributed by atoms with van der Waals surface area (Å²) in [6.45, 7) is 0.369. The van der Waals surface area contributed by atoms with Crippen molar-refractivity contribution in [3.05, 3.63) is 111 Å². The standard InChI is InChI=1S/C25H18BrClN2O2/c26-22-13-17(9-12-24(22)31-16-21-7-3-4-8-23(21)27)15-28-29-25(30)20-11-10-18-5-1-2-6-19(18)14-20/h1-15H,16H2,(H,29,30)/b28-15-. The van der Waals surface area contributed by atoms with Gasteiger partial charge in [0.1, 0.15) is 12.4 Å². The number of nitrogens with zero attached hydrogens (tertiary/aromatic N) is 1. The number of hydrogen-bond acceptors (Lipinski definition) is 3. The molecule has 0 spiro atoms. The second-order valence-corrected chi connectivity index (χ2v) is 8.09. The quantitative estimate of drug-likeness (QED) is 0.243. The van der Waals surface area contributed by atoms with Gasteiger partial charge >= 0.3 is 0 Å². The van der Waals surface area contributed by atoms with Gasteiger partial charge in [0, 0.05) is 16.1 Å². The zero-order valence-electron chi connectivity index (χ0n) is 16.4. The molecule has 4 aromatic rings. The minimum atomic E-state index is -0.263. The Hall–Kier alpha value is -3.15. The molecule has 0 saturated heterocycles. The largest absolute Gasteiger partial charge is 0.488 e. The minimum absolute atomic E-state index is 0.263. The maximum Gasteiger partial charge on any atom is 0.271 e. The number of halogens is 2. The lowest BCUT2D eigenvalue weighted by atomic mass is 10.1. The highest BCUT2D eigenvalue weighted by Crippen LogP contribution is 2.27. The summed E-state index contributed by atoms with van der Waals surface area (Å²) in [5.41, 5.74) is 4.85. The van der Waals surface area contributed by atoms with Gasteiger partial charge in [0.15, 0.2) is 0 Å². The van der Waals surface area contributed by atoms with Crippen LogP contribution in [0.25, 0.3) is 10.8 Å². The molecule has 4 nitrogen and oxygen atoms in total. The van der Waals surface area contributed by atoms with E-state index in [1.807, 2.05) is 78.9 Å². The monoisotopic (exact) mass is 492 g/mol. The van der Waals surface area contributed by atoms with Gasteiger partial charge in [-0.25, -0.2) is 5.43 Å². The summed E-state index contributed by atoms with van der Waals surface area (Å²) in [7, 11) is 0. The fourth-order valence-corrected chi connectivity index (χ4v) is 3.75. The van der Waals surface area contributed by atoms with Crippen LogP contribution in [0.4, 0.5) is 0 Å². The zero-order valence-corrected chi connectivity index (χ0v) is 18.7. The molecular formula is C25H18BrClN2O2. The summed E-state index contributed by atoms with van der Waals surface area (Å²) < 4.78 is 6.63. The highest BCUT2D eigenvalue weighted by molar-refractivity contribution is 9.10. The number of nitrogens with one attached hydrogen (secondary N) is 1. The van der Waals surface area contributed by atoms with Crippen molar-refractivity contribution in [1.29, 1.82) is 0 Å². The Balaban J connectivity index is 1.37. The van der Waals surface area contributed by atoms with Crippen LogP contribution in [0.3, 0.4) is 0 Å². The van der Waals surface area contributed by atoms with E-state index in [-0.39, 0.29) is 5.91 Å². The van der Waals surface area contributed by atoms with Crippen molar-refractivity contribution < 1.29 is 9.53 Å². The number of carbonyl (C=O) groups is 1. The zero-order chi connectivity index (χ0) is 21.6. The molecule has 4 rings (SSSR count). The third-order valence-electron chi connectivity index (χ3n) is 4.69. The molecule has 0 unspecified atom stereocenters. The SMILES string of the molecule is O=C(N/N=C\c1ccc(OCc2ccccc2Cl)c(Br)c1)c1ccc2ccccc2c1. The molecule has 6 heteroatoms. The third kappa shape index (κ3) is 5.32. The predicted octanol–water partition coefficient (Wildman–Crippen LogP) is 6.60. The predicted molar refractivity (Wildman–Crippen MR) is 129 cm³/mol. The highest BCUT2D eigenvalue weighted by Gasteiger charge is 2.06. The lowest BCUT2D eigenvalue weighted by Crippen LogP contribution is -2.17. The first-order chi connectivity index (χ1) is 15.1. The second kappa shape index (κ2) is 9.77. The van der Waals surface area contributed by atoms with Gasteiger partial charge in [-0.1, -0.05) is 60.1 Å². The van der Waals surface area contributed by atoms with Crippen LogP contribution in [-0.2, 0) is 6.61 Å². The van der Waals surface area contributed by atoms with E-state index in [0.29, 0.717) is 22.9 Å². The summed E-state index contributed by atoms with van der Waals surface area (Å²) in [5.74, 6) is 0.429. The topological polar surface area (TPSA) is 50.7 Å². The molecule has 0 aliphatic heterocycles. The van der Waals surface area contributed by atoms with E-state index in [1.165, 1.54) is 0 Å². The van der Waals surface area contributed by atoms with Crippen LogP contribution in [0, 0.1) is 0 Å². The molecule has 0 aromatic heterocycles. The van der Waals surface area contributed by atoms with Crippen molar-refractivity contribution in [2.24, 2.45) is 5.10 Å². The first kappa shape index (κ1) is 21.1. The molecule has 0 aliphatic carbocycles. The lowest BCUT2D eigenvalue weighted by molar-refractivity contribution is 0.0955. The van der Waals surface area contributed by atoms with Crippen molar-refractivity contribution in [2.45, 2.75) is 6.61 Å². The second-order valence-electron chi connectivity index (χ2n) is 6.83. The number of hydrogen-bond donors (Lipinski definition) is 1. The summed E-state index contributed by atoms with van der Waals surface area (Å²) in [5, 5.41) is 6.84. The number of rotatable bonds is 6. The van der Waals surface area contributed by atoms with Crippen LogP contribution in [0.5, 0.6) is 5.75 Å². The van der Waals surface area contributed by atoms with E-state index in [2.05, 4.69) is 26.5 Å². The maximum absolute atomic E-state index is 12.4. The van der Waals surface area contributed by atoms with Crippen LogP contribution >= 0.6 is 27.5 Å². The molecule has 0 radical (unpaired) electrons. The normalized spacial score (nSPS) is 11.0. The molecule has 0 heterocycles. The summed E-state index contributed by atoms with van der Waals surface area (Å²) >= 11 is 9.68. The summed E-state index contributed by atoms with van der Waals surface area (Å²) in [6, 6.07) is 26.6. The lowest BCUT2D eigenvalue weighted by Gasteiger charge is -2.10. The number of fused-ring (bicyclic) bond motifs is 1. The van der Waals surface area contributed by atoms with E-state index in [1.54, 1.807) is 12.3 Å². The molecule has 0 saturated carbocycles. The number of amides is 1. The van der Waals surface area contributed by atoms with Crippen LogP contribution in [0.1, 0.15) is 21.5 Å². The molecule has 1 amide bonds. The van der Waals surface area contributed by atoms with Gasteiger partial charge in [0.25, 0.3) is 5.91 Å². The van der Waals surface area contributed by atoms with Gasteiger partial charge in [0.05, 0.1) is 10.7 Å². The molecule has 0 bridgehead atoms. The summed E-state index contributed by atoms with van der Waals surface area (Å²) in [6.07, 6.45) is 1.58. The summed E-state index contributed by atoms with van der Waals surface area (Å²) in [4.78, 5) is 12.4. The van der Waals surface area contributed by atoms with E-state index in [4.69, 9.17) is 16.3 Å². The van der Waals surface area contributed by atoms with Gasteiger partial charge in [-0.3, -0.25) is 4.79 Å². The van der Waals surface area contributed by atoms with Gasteiger partial charge < -0.3 is 4.74 Å². The minimum Gasteiger partial charge on any atom is -0.488 e. The van der Waals surface area contributed by atoms with Gasteiger partial charge in [0.2, 0.25) is 0 Å². The Kier molecular flexibility index (Phi) is 6.65. The Morgan fingerprint density at radius 1 is 0.968 bits per heavy atom. The van der Waals surface area contributed by atoms with Crippen molar-refractivity contribution in [3.8, 4) is 5.75 Å². The smallest absolute Gasteiger partial charge is 0.271 e. The van der Waals surface area contributed by atoms with Crippen LogP contribution < -0.4 is 10.2 Å². The number of benzene rings is 4. The first-order valence-electron chi connectivity index (χ1n) is 9.58. The highest BCUT2D eigenvalue weighted by atomic mass is 79.9. The van der Waals surface area contributed by atoms with Crippen LogP contribution in [-0.4, -0.2) is 12.1 Å². The van der Waals surface area contributed by atoms with Gasteiger partial charge in [-0.05, 0) is 68.7 Å². The van der Waals surface area contributed by atoms with E-state index in [9.17, 15) is 4.79 Å². The fraction of sp³-hybridized carbons (Fsp3) is 0.0400.